The SMILES string of the molecule is NC(=O)c1cccc2[nH]nc(-c3ccccc3CNC(=O)Nc3ccc(OC(F)(F)F)cc3)c12. The van der Waals surface area contributed by atoms with Gasteiger partial charge in [-0.05, 0) is 42.0 Å². The van der Waals surface area contributed by atoms with Crippen LogP contribution in [-0.2, 0) is 6.54 Å². The summed E-state index contributed by atoms with van der Waals surface area (Å²) in [6.45, 7) is 0.115. The number of primary amides is 1. The highest BCUT2D eigenvalue weighted by molar-refractivity contribution is 6.10. The zero-order valence-corrected chi connectivity index (χ0v) is 17.4. The summed E-state index contributed by atoms with van der Waals surface area (Å²) in [7, 11) is 0. The van der Waals surface area contributed by atoms with Gasteiger partial charge in [0.05, 0.1) is 11.1 Å². The van der Waals surface area contributed by atoms with Gasteiger partial charge in [0, 0.05) is 23.2 Å². The predicted molar refractivity (Wildman–Crippen MR) is 119 cm³/mol. The average molecular weight is 469 g/mol. The van der Waals surface area contributed by atoms with Gasteiger partial charge in [0.15, 0.2) is 0 Å². The van der Waals surface area contributed by atoms with Gasteiger partial charge in [-0.1, -0.05) is 30.3 Å². The van der Waals surface area contributed by atoms with Gasteiger partial charge in [-0.15, -0.1) is 13.2 Å². The highest BCUT2D eigenvalue weighted by atomic mass is 19.4. The van der Waals surface area contributed by atoms with Gasteiger partial charge in [0.1, 0.15) is 11.4 Å². The minimum Gasteiger partial charge on any atom is -0.406 e. The van der Waals surface area contributed by atoms with Crippen molar-refractivity contribution in [3.63, 3.8) is 0 Å². The number of H-pyrrole nitrogens is 1. The maximum absolute atomic E-state index is 12.3. The highest BCUT2D eigenvalue weighted by Crippen LogP contribution is 2.31. The molecule has 8 nitrogen and oxygen atoms in total. The average Bonchev–Trinajstić information content (AvgIpc) is 3.22. The molecule has 0 atom stereocenters. The molecule has 0 unspecified atom stereocenters. The number of hydrogen-bond donors (Lipinski definition) is 4. The molecule has 4 aromatic rings. The lowest BCUT2D eigenvalue weighted by molar-refractivity contribution is -0.274. The number of carbonyl (C=O) groups is 2. The number of halogens is 3. The normalized spacial score (nSPS) is 11.3. The molecule has 3 aromatic carbocycles. The Kier molecular flexibility index (Phi) is 6.09. The molecule has 0 saturated carbocycles. The van der Waals surface area contributed by atoms with Crippen LogP contribution in [0.3, 0.4) is 0 Å². The second kappa shape index (κ2) is 9.14. The fourth-order valence-electron chi connectivity index (χ4n) is 3.47. The Morgan fingerprint density at radius 3 is 2.44 bits per heavy atom. The molecule has 0 fully saturated rings. The minimum atomic E-state index is -4.79. The summed E-state index contributed by atoms with van der Waals surface area (Å²) in [5, 5.41) is 13.0. The van der Waals surface area contributed by atoms with Crippen molar-refractivity contribution in [1.82, 2.24) is 15.5 Å². The number of amides is 3. The molecule has 1 heterocycles. The van der Waals surface area contributed by atoms with Crippen LogP contribution in [0.25, 0.3) is 22.2 Å². The second-order valence-electron chi connectivity index (χ2n) is 7.20. The summed E-state index contributed by atoms with van der Waals surface area (Å²) in [6, 6.07) is 16.5. The van der Waals surface area contributed by atoms with E-state index in [0.717, 1.165) is 17.7 Å². The summed E-state index contributed by atoms with van der Waals surface area (Å²) in [5.74, 6) is -0.983. The van der Waals surface area contributed by atoms with E-state index in [4.69, 9.17) is 5.73 Å². The molecule has 0 aliphatic heterocycles. The number of ether oxygens (including phenoxy) is 1. The lowest BCUT2D eigenvalue weighted by Crippen LogP contribution is -2.28. The maximum atomic E-state index is 12.3. The number of fused-ring (bicyclic) bond motifs is 1. The van der Waals surface area contributed by atoms with Crippen LogP contribution in [0.5, 0.6) is 5.75 Å². The van der Waals surface area contributed by atoms with E-state index in [9.17, 15) is 22.8 Å². The topological polar surface area (TPSA) is 122 Å². The number of aromatic nitrogens is 2. The van der Waals surface area contributed by atoms with E-state index in [0.29, 0.717) is 27.7 Å². The van der Waals surface area contributed by atoms with Crippen molar-refractivity contribution in [2.75, 3.05) is 5.32 Å². The Balaban J connectivity index is 1.49. The van der Waals surface area contributed by atoms with Crippen LogP contribution in [0.1, 0.15) is 15.9 Å². The number of nitrogens with one attached hydrogen (secondary N) is 3. The molecular weight excluding hydrogens is 451 g/mol. The molecule has 174 valence electrons. The van der Waals surface area contributed by atoms with Crippen LogP contribution in [0, 0.1) is 0 Å². The molecule has 5 N–H and O–H groups in total. The van der Waals surface area contributed by atoms with Crippen molar-refractivity contribution < 1.29 is 27.5 Å². The molecule has 34 heavy (non-hydrogen) atoms. The Labute approximate surface area is 190 Å². The number of nitrogens with zero attached hydrogens (tertiary/aromatic N) is 1. The molecular formula is C23H18F3N5O3. The fraction of sp³-hybridized carbons (Fsp3) is 0.0870. The molecule has 3 amide bonds. The highest BCUT2D eigenvalue weighted by Gasteiger charge is 2.31. The Morgan fingerprint density at radius 1 is 1.00 bits per heavy atom. The molecule has 0 aliphatic carbocycles. The third-order valence-corrected chi connectivity index (χ3v) is 4.91. The lowest BCUT2D eigenvalue weighted by Gasteiger charge is -2.12. The number of alkyl halides is 3. The van der Waals surface area contributed by atoms with Crippen LogP contribution in [0.4, 0.5) is 23.7 Å². The van der Waals surface area contributed by atoms with E-state index in [1.54, 1.807) is 36.4 Å². The summed E-state index contributed by atoms with van der Waals surface area (Å²) in [6.07, 6.45) is -4.79. The van der Waals surface area contributed by atoms with Crippen LogP contribution < -0.4 is 21.1 Å². The monoisotopic (exact) mass is 469 g/mol. The van der Waals surface area contributed by atoms with E-state index >= 15 is 0 Å². The fourth-order valence-corrected chi connectivity index (χ4v) is 3.47. The zero-order valence-electron chi connectivity index (χ0n) is 17.4. The van der Waals surface area contributed by atoms with E-state index in [1.807, 2.05) is 6.07 Å². The Morgan fingerprint density at radius 2 is 1.74 bits per heavy atom. The molecule has 0 bridgehead atoms. The van der Waals surface area contributed by atoms with E-state index in [-0.39, 0.29) is 12.2 Å². The number of urea groups is 1. The maximum Gasteiger partial charge on any atom is 0.573 e. The first-order valence-electron chi connectivity index (χ1n) is 9.97. The molecule has 11 heteroatoms. The smallest absolute Gasteiger partial charge is 0.406 e. The third kappa shape index (κ3) is 5.09. The standard InChI is InChI=1S/C23H18F3N5O3/c24-23(25,26)34-15-10-8-14(9-11-15)29-22(33)28-12-13-4-1-2-5-16(13)20-19-17(21(27)32)6-3-7-18(19)30-31-20/h1-11H,12H2,(H2,27,32)(H,30,31)(H2,28,29,33). The predicted octanol–water partition coefficient (Wildman–Crippen LogP) is 4.55. The Bertz CT molecular complexity index is 1350. The summed E-state index contributed by atoms with van der Waals surface area (Å²) < 4.78 is 40.6. The zero-order chi connectivity index (χ0) is 24.3. The first-order chi connectivity index (χ1) is 16.2. The first-order valence-corrected chi connectivity index (χ1v) is 9.97. The Hall–Kier alpha value is -4.54. The number of nitrogens with two attached hydrogens (primary N) is 1. The molecule has 0 aliphatic rings. The largest absolute Gasteiger partial charge is 0.573 e. The van der Waals surface area contributed by atoms with Gasteiger partial charge in [-0.3, -0.25) is 9.89 Å². The van der Waals surface area contributed by atoms with Crippen molar-refractivity contribution in [2.24, 2.45) is 5.73 Å². The van der Waals surface area contributed by atoms with Gasteiger partial charge in [0.25, 0.3) is 0 Å². The van der Waals surface area contributed by atoms with Gasteiger partial charge in [-0.2, -0.15) is 5.10 Å². The van der Waals surface area contributed by atoms with E-state index in [1.165, 1.54) is 12.1 Å². The molecule has 0 saturated heterocycles. The van der Waals surface area contributed by atoms with Crippen molar-refractivity contribution in [3.8, 4) is 17.0 Å². The number of aromatic amines is 1. The van der Waals surface area contributed by atoms with Crippen LogP contribution in [-0.4, -0.2) is 28.5 Å². The summed E-state index contributed by atoms with van der Waals surface area (Å²) in [4.78, 5) is 24.2. The van der Waals surface area contributed by atoms with Gasteiger partial charge >= 0.3 is 12.4 Å². The van der Waals surface area contributed by atoms with Gasteiger partial charge in [0.2, 0.25) is 5.91 Å². The molecule has 1 aromatic heterocycles. The van der Waals surface area contributed by atoms with Crippen LogP contribution in [0.15, 0.2) is 66.7 Å². The van der Waals surface area contributed by atoms with E-state index in [2.05, 4.69) is 25.6 Å². The van der Waals surface area contributed by atoms with Crippen LogP contribution in [0.2, 0.25) is 0 Å². The van der Waals surface area contributed by atoms with Crippen molar-refractivity contribution >= 4 is 28.5 Å². The van der Waals surface area contributed by atoms with Crippen LogP contribution >= 0.6 is 0 Å². The number of anilines is 1. The van der Waals surface area contributed by atoms with Crippen molar-refractivity contribution in [2.45, 2.75) is 12.9 Å². The van der Waals surface area contributed by atoms with Gasteiger partial charge < -0.3 is 21.1 Å². The molecule has 0 spiro atoms. The molecule has 4 rings (SSSR count). The number of rotatable bonds is 6. The third-order valence-electron chi connectivity index (χ3n) is 4.91. The van der Waals surface area contributed by atoms with Crippen molar-refractivity contribution in [1.29, 1.82) is 0 Å². The number of hydrogen-bond acceptors (Lipinski definition) is 4. The van der Waals surface area contributed by atoms with Gasteiger partial charge in [-0.25, -0.2) is 4.79 Å². The summed E-state index contributed by atoms with van der Waals surface area (Å²) >= 11 is 0. The number of carbonyl (C=O) groups excluding carboxylic acids is 2. The summed E-state index contributed by atoms with van der Waals surface area (Å²) in [5.41, 5.74) is 8.70. The quantitative estimate of drug-likeness (QED) is 0.331. The minimum absolute atomic E-state index is 0.115. The second-order valence-corrected chi connectivity index (χ2v) is 7.20. The number of benzene rings is 3. The molecule has 0 radical (unpaired) electrons. The lowest BCUT2D eigenvalue weighted by atomic mass is 9.99. The van der Waals surface area contributed by atoms with E-state index < -0.39 is 24.1 Å². The van der Waals surface area contributed by atoms with Crippen molar-refractivity contribution in [3.05, 3.63) is 77.9 Å². The first kappa shape index (κ1) is 22.6.